The first-order valence-corrected chi connectivity index (χ1v) is 6.79. The molecule has 100 valence electrons. The molecule has 0 aromatic heterocycles. The Hall–Kier alpha value is -1.06. The highest BCUT2D eigenvalue weighted by Crippen LogP contribution is 2.31. The van der Waals surface area contributed by atoms with Crippen molar-refractivity contribution in [3.05, 3.63) is 29.8 Å². The highest BCUT2D eigenvalue weighted by atomic mass is 16.3. The third-order valence-electron chi connectivity index (χ3n) is 3.93. The molecule has 0 spiro atoms. The molecule has 18 heavy (non-hydrogen) atoms. The van der Waals surface area contributed by atoms with E-state index in [1.807, 2.05) is 14.0 Å². The number of rotatable bonds is 4. The van der Waals surface area contributed by atoms with E-state index in [9.17, 15) is 5.11 Å². The van der Waals surface area contributed by atoms with Gasteiger partial charge in [0.25, 0.3) is 0 Å². The van der Waals surface area contributed by atoms with Crippen LogP contribution in [0.1, 0.15) is 44.2 Å². The van der Waals surface area contributed by atoms with E-state index in [4.69, 9.17) is 5.73 Å². The number of nitrogens with two attached hydrogens (primary N) is 1. The van der Waals surface area contributed by atoms with Crippen molar-refractivity contribution in [3.63, 3.8) is 0 Å². The van der Waals surface area contributed by atoms with Crippen LogP contribution in [0.3, 0.4) is 0 Å². The first-order chi connectivity index (χ1) is 8.50. The monoisotopic (exact) mass is 248 g/mol. The molecule has 1 aromatic carbocycles. The van der Waals surface area contributed by atoms with Crippen LogP contribution < -0.4 is 10.6 Å². The van der Waals surface area contributed by atoms with Gasteiger partial charge in [0.15, 0.2) is 0 Å². The van der Waals surface area contributed by atoms with Gasteiger partial charge < -0.3 is 15.7 Å². The summed E-state index contributed by atoms with van der Waals surface area (Å²) in [5.74, 6) is 0. The van der Waals surface area contributed by atoms with Crippen molar-refractivity contribution in [2.24, 2.45) is 5.73 Å². The maximum Gasteiger partial charge on any atom is 0.0821 e. The molecule has 0 radical (unpaired) electrons. The van der Waals surface area contributed by atoms with Gasteiger partial charge in [-0.05, 0) is 37.5 Å². The Balaban J connectivity index is 2.02. The SMILES string of the molecule is CC(N)c1ccc(N(C)CC2(O)CCCC2)cc1. The van der Waals surface area contributed by atoms with Crippen molar-refractivity contribution in [2.45, 2.75) is 44.2 Å². The molecule has 1 atom stereocenters. The Kier molecular flexibility index (Phi) is 3.93. The number of nitrogens with zero attached hydrogens (tertiary/aromatic N) is 1. The van der Waals surface area contributed by atoms with E-state index in [1.54, 1.807) is 0 Å². The molecule has 0 amide bonds. The molecule has 2 rings (SSSR count). The van der Waals surface area contributed by atoms with Gasteiger partial charge in [-0.3, -0.25) is 0 Å². The summed E-state index contributed by atoms with van der Waals surface area (Å²) in [6.45, 7) is 2.70. The second kappa shape index (κ2) is 5.29. The molecule has 1 aromatic rings. The molecule has 1 saturated carbocycles. The van der Waals surface area contributed by atoms with Crippen molar-refractivity contribution in [1.29, 1.82) is 0 Å². The van der Waals surface area contributed by atoms with Crippen molar-refractivity contribution >= 4 is 5.69 Å². The number of hydrogen-bond donors (Lipinski definition) is 2. The molecular weight excluding hydrogens is 224 g/mol. The van der Waals surface area contributed by atoms with Crippen LogP contribution >= 0.6 is 0 Å². The molecule has 0 bridgehead atoms. The molecule has 1 fully saturated rings. The van der Waals surface area contributed by atoms with Gasteiger partial charge >= 0.3 is 0 Å². The van der Waals surface area contributed by atoms with Crippen molar-refractivity contribution < 1.29 is 5.11 Å². The minimum atomic E-state index is -0.491. The second-order valence-electron chi connectivity index (χ2n) is 5.67. The lowest BCUT2D eigenvalue weighted by Gasteiger charge is -2.30. The third-order valence-corrected chi connectivity index (χ3v) is 3.93. The average Bonchev–Trinajstić information content (AvgIpc) is 2.76. The van der Waals surface area contributed by atoms with E-state index < -0.39 is 5.60 Å². The van der Waals surface area contributed by atoms with Gasteiger partial charge in [0.05, 0.1) is 5.60 Å². The van der Waals surface area contributed by atoms with Gasteiger partial charge in [0.1, 0.15) is 0 Å². The van der Waals surface area contributed by atoms with Crippen LogP contribution in [-0.2, 0) is 0 Å². The fourth-order valence-electron chi connectivity index (χ4n) is 2.76. The summed E-state index contributed by atoms with van der Waals surface area (Å²) >= 11 is 0. The standard InChI is InChI=1S/C15H24N2O/c1-12(16)13-5-7-14(8-6-13)17(2)11-15(18)9-3-4-10-15/h5-8,12,18H,3-4,9-11,16H2,1-2H3. The lowest BCUT2D eigenvalue weighted by atomic mass is 10.0. The van der Waals surface area contributed by atoms with Gasteiger partial charge in [-0.15, -0.1) is 0 Å². The number of hydrogen-bond acceptors (Lipinski definition) is 3. The predicted octanol–water partition coefficient (Wildman–Crippen LogP) is 2.45. The van der Waals surface area contributed by atoms with E-state index in [1.165, 1.54) is 0 Å². The van der Waals surface area contributed by atoms with Crippen molar-refractivity contribution in [3.8, 4) is 0 Å². The van der Waals surface area contributed by atoms with Gasteiger partial charge in [-0.2, -0.15) is 0 Å². The van der Waals surface area contributed by atoms with Crippen LogP contribution in [-0.4, -0.2) is 24.3 Å². The normalized spacial score (nSPS) is 19.8. The Labute approximate surface area is 110 Å². The summed E-state index contributed by atoms with van der Waals surface area (Å²) in [7, 11) is 2.04. The summed E-state index contributed by atoms with van der Waals surface area (Å²) < 4.78 is 0. The molecule has 0 aliphatic heterocycles. The first-order valence-electron chi connectivity index (χ1n) is 6.79. The number of aliphatic hydroxyl groups is 1. The molecule has 3 N–H and O–H groups in total. The summed E-state index contributed by atoms with van der Waals surface area (Å²) in [5.41, 5.74) is 7.63. The van der Waals surface area contributed by atoms with E-state index in [-0.39, 0.29) is 6.04 Å². The zero-order valence-corrected chi connectivity index (χ0v) is 11.4. The summed E-state index contributed by atoms with van der Waals surface area (Å²) in [4.78, 5) is 2.14. The first kappa shape index (κ1) is 13.4. The summed E-state index contributed by atoms with van der Waals surface area (Å²) in [6.07, 6.45) is 4.15. The fourth-order valence-corrected chi connectivity index (χ4v) is 2.76. The fraction of sp³-hybridized carbons (Fsp3) is 0.600. The quantitative estimate of drug-likeness (QED) is 0.860. The van der Waals surface area contributed by atoms with Gasteiger partial charge in [0, 0.05) is 25.3 Å². The summed E-state index contributed by atoms with van der Waals surface area (Å²) in [6, 6.07) is 8.36. The lowest BCUT2D eigenvalue weighted by Crippen LogP contribution is -2.39. The molecule has 1 aliphatic carbocycles. The predicted molar refractivity (Wildman–Crippen MR) is 75.7 cm³/mol. The number of anilines is 1. The van der Waals surface area contributed by atoms with Gasteiger partial charge in [-0.1, -0.05) is 25.0 Å². The largest absolute Gasteiger partial charge is 0.388 e. The Morgan fingerprint density at radius 1 is 1.28 bits per heavy atom. The topological polar surface area (TPSA) is 49.5 Å². The second-order valence-corrected chi connectivity index (χ2v) is 5.67. The van der Waals surface area contributed by atoms with Crippen molar-refractivity contribution in [2.75, 3.05) is 18.5 Å². The number of benzene rings is 1. The zero-order valence-electron chi connectivity index (χ0n) is 11.4. The average molecular weight is 248 g/mol. The molecule has 0 heterocycles. The molecule has 1 aliphatic rings. The van der Waals surface area contributed by atoms with Crippen LogP contribution in [0.25, 0.3) is 0 Å². The van der Waals surface area contributed by atoms with Crippen LogP contribution in [0.5, 0.6) is 0 Å². The molecule has 1 unspecified atom stereocenters. The molecule has 3 nitrogen and oxygen atoms in total. The molecular formula is C15H24N2O. The van der Waals surface area contributed by atoms with Crippen LogP contribution in [0.2, 0.25) is 0 Å². The van der Waals surface area contributed by atoms with Gasteiger partial charge in [0.2, 0.25) is 0 Å². The minimum absolute atomic E-state index is 0.0726. The van der Waals surface area contributed by atoms with Gasteiger partial charge in [-0.25, -0.2) is 0 Å². The van der Waals surface area contributed by atoms with E-state index in [0.29, 0.717) is 6.54 Å². The number of likely N-dealkylation sites (N-methyl/N-ethyl adjacent to an activating group) is 1. The van der Waals surface area contributed by atoms with Crippen LogP contribution in [0, 0.1) is 0 Å². The Morgan fingerprint density at radius 3 is 2.33 bits per heavy atom. The highest BCUT2D eigenvalue weighted by molar-refractivity contribution is 5.47. The van der Waals surface area contributed by atoms with Crippen LogP contribution in [0.4, 0.5) is 5.69 Å². The molecule has 3 heteroatoms. The maximum atomic E-state index is 10.4. The smallest absolute Gasteiger partial charge is 0.0821 e. The maximum absolute atomic E-state index is 10.4. The highest BCUT2D eigenvalue weighted by Gasteiger charge is 2.32. The molecule has 0 saturated heterocycles. The van der Waals surface area contributed by atoms with Crippen LogP contribution in [0.15, 0.2) is 24.3 Å². The van der Waals surface area contributed by atoms with E-state index >= 15 is 0 Å². The lowest BCUT2D eigenvalue weighted by molar-refractivity contribution is 0.0559. The Morgan fingerprint density at radius 2 is 1.83 bits per heavy atom. The Bertz CT molecular complexity index is 380. The van der Waals surface area contributed by atoms with E-state index in [2.05, 4.69) is 29.2 Å². The third kappa shape index (κ3) is 3.03. The minimum Gasteiger partial charge on any atom is -0.388 e. The van der Waals surface area contributed by atoms with Crippen molar-refractivity contribution in [1.82, 2.24) is 0 Å². The summed E-state index contributed by atoms with van der Waals surface area (Å²) in [5, 5.41) is 10.4. The zero-order chi connectivity index (χ0) is 13.2. The van der Waals surface area contributed by atoms with E-state index in [0.717, 1.165) is 36.9 Å².